The third kappa shape index (κ3) is 4.38. The van der Waals surface area contributed by atoms with Gasteiger partial charge in [-0.2, -0.15) is 0 Å². The number of aromatic hydroxyl groups is 1. The summed E-state index contributed by atoms with van der Waals surface area (Å²) in [6.45, 7) is 0.557. The molecule has 0 radical (unpaired) electrons. The number of rotatable bonds is 5. The molecule has 3 rings (SSSR count). The Morgan fingerprint density at radius 2 is 1.76 bits per heavy atom. The van der Waals surface area contributed by atoms with Crippen LogP contribution in [-0.4, -0.2) is 17.7 Å². The molecule has 0 heterocycles. The largest absolute Gasteiger partial charge is 0.507 e. The maximum absolute atomic E-state index is 11.7. The number of fused-ring (bicyclic) bond motifs is 1. The lowest BCUT2D eigenvalue weighted by Gasteiger charge is -2.06. The van der Waals surface area contributed by atoms with Crippen LogP contribution in [-0.2, 0) is 11.3 Å². The molecule has 0 fully saturated rings. The van der Waals surface area contributed by atoms with Gasteiger partial charge in [-0.05, 0) is 10.9 Å². The van der Waals surface area contributed by atoms with Crippen molar-refractivity contribution in [3.63, 3.8) is 0 Å². The van der Waals surface area contributed by atoms with Gasteiger partial charge in [-0.3, -0.25) is 0 Å². The molecule has 2 N–H and O–H groups in total. The Hall–Kier alpha value is -3.27. The van der Waals surface area contributed by atoms with E-state index in [4.69, 9.17) is 4.74 Å². The second-order valence-corrected chi connectivity index (χ2v) is 5.57. The molecule has 0 bridgehead atoms. The van der Waals surface area contributed by atoms with E-state index in [1.54, 1.807) is 12.2 Å². The Labute approximate surface area is 146 Å². The lowest BCUT2D eigenvalue weighted by Crippen LogP contribution is -2.24. The van der Waals surface area contributed by atoms with E-state index in [1.807, 2.05) is 66.7 Å². The van der Waals surface area contributed by atoms with Crippen LogP contribution in [0.1, 0.15) is 11.1 Å². The summed E-state index contributed by atoms with van der Waals surface area (Å²) in [5.74, 6) is 0.237. The molecule has 0 aliphatic carbocycles. The fourth-order valence-electron chi connectivity index (χ4n) is 2.51. The predicted octanol–water partition coefficient (Wildman–Crippen LogP) is 4.49. The third-order valence-electron chi connectivity index (χ3n) is 3.81. The number of carbonyl (C=O) groups is 1. The van der Waals surface area contributed by atoms with Crippen LogP contribution in [0.15, 0.2) is 72.8 Å². The lowest BCUT2D eigenvalue weighted by molar-refractivity contribution is 0.141. The van der Waals surface area contributed by atoms with Crippen molar-refractivity contribution in [3.8, 4) is 5.75 Å². The monoisotopic (exact) mass is 333 g/mol. The van der Waals surface area contributed by atoms with Crippen molar-refractivity contribution >= 4 is 22.9 Å². The van der Waals surface area contributed by atoms with Crippen molar-refractivity contribution in [2.45, 2.75) is 6.61 Å². The number of hydrogen-bond acceptors (Lipinski definition) is 3. The van der Waals surface area contributed by atoms with E-state index >= 15 is 0 Å². The van der Waals surface area contributed by atoms with Crippen molar-refractivity contribution in [2.75, 3.05) is 6.54 Å². The number of carbonyl (C=O) groups excluding carboxylic acids is 1. The Bertz CT molecular complexity index is 888. The highest BCUT2D eigenvalue weighted by atomic mass is 16.5. The van der Waals surface area contributed by atoms with Crippen LogP contribution >= 0.6 is 0 Å². The number of alkyl carbamates (subject to hydrolysis) is 1. The van der Waals surface area contributed by atoms with Crippen LogP contribution in [0.25, 0.3) is 16.8 Å². The standard InChI is InChI=1S/C21H19NO3/c23-20-18(13-12-17-9-4-5-11-19(17)20)10-6-14-22-21(24)25-15-16-7-2-1-3-8-16/h1-13,23H,14-15H2,(H,22,24). The molecule has 0 unspecified atom stereocenters. The van der Waals surface area contributed by atoms with Crippen LogP contribution in [0.4, 0.5) is 4.79 Å². The average Bonchev–Trinajstić information content (AvgIpc) is 2.66. The first-order valence-electron chi connectivity index (χ1n) is 8.06. The Morgan fingerprint density at radius 3 is 2.60 bits per heavy atom. The molecule has 25 heavy (non-hydrogen) atoms. The van der Waals surface area contributed by atoms with Gasteiger partial charge in [0, 0.05) is 17.5 Å². The minimum Gasteiger partial charge on any atom is -0.507 e. The van der Waals surface area contributed by atoms with E-state index in [9.17, 15) is 9.90 Å². The second kappa shape index (κ2) is 8.02. The molecule has 0 atom stereocenters. The maximum atomic E-state index is 11.7. The van der Waals surface area contributed by atoms with Crippen molar-refractivity contribution in [3.05, 3.63) is 83.9 Å². The van der Waals surface area contributed by atoms with E-state index in [0.29, 0.717) is 12.1 Å². The molecule has 1 amide bonds. The highest BCUT2D eigenvalue weighted by molar-refractivity contribution is 5.91. The van der Waals surface area contributed by atoms with E-state index in [-0.39, 0.29) is 12.4 Å². The molecule has 0 saturated heterocycles. The minimum atomic E-state index is -0.476. The van der Waals surface area contributed by atoms with Crippen molar-refractivity contribution < 1.29 is 14.6 Å². The van der Waals surface area contributed by atoms with Gasteiger partial charge in [-0.1, -0.05) is 78.9 Å². The molecule has 4 heteroatoms. The summed E-state index contributed by atoms with van der Waals surface area (Å²) in [4.78, 5) is 11.7. The molecule has 0 aliphatic heterocycles. The number of nitrogens with one attached hydrogen (secondary N) is 1. The second-order valence-electron chi connectivity index (χ2n) is 5.57. The molecule has 0 aliphatic rings. The Morgan fingerprint density at radius 1 is 1.00 bits per heavy atom. The van der Waals surface area contributed by atoms with Gasteiger partial charge < -0.3 is 15.2 Å². The van der Waals surface area contributed by atoms with Crippen LogP contribution in [0.5, 0.6) is 5.75 Å². The van der Waals surface area contributed by atoms with Crippen LogP contribution < -0.4 is 5.32 Å². The smallest absolute Gasteiger partial charge is 0.407 e. The van der Waals surface area contributed by atoms with Crippen LogP contribution in [0, 0.1) is 0 Å². The summed E-state index contributed by atoms with van der Waals surface area (Å²) in [6.07, 6.45) is 3.07. The number of phenolic OH excluding ortho intramolecular Hbond substituents is 1. The molecule has 4 nitrogen and oxygen atoms in total. The van der Waals surface area contributed by atoms with Crippen LogP contribution in [0.2, 0.25) is 0 Å². The molecular formula is C21H19NO3. The zero-order chi connectivity index (χ0) is 17.5. The number of amides is 1. The van der Waals surface area contributed by atoms with E-state index < -0.39 is 6.09 Å². The summed E-state index contributed by atoms with van der Waals surface area (Å²) >= 11 is 0. The lowest BCUT2D eigenvalue weighted by atomic mass is 10.1. The van der Waals surface area contributed by atoms with Gasteiger partial charge in [-0.15, -0.1) is 0 Å². The van der Waals surface area contributed by atoms with Gasteiger partial charge in [0.2, 0.25) is 0 Å². The van der Waals surface area contributed by atoms with Crippen molar-refractivity contribution in [1.82, 2.24) is 5.32 Å². The fourth-order valence-corrected chi connectivity index (χ4v) is 2.51. The fraction of sp³-hybridized carbons (Fsp3) is 0.0952. The summed E-state index contributed by atoms with van der Waals surface area (Å²) < 4.78 is 5.13. The van der Waals surface area contributed by atoms with Gasteiger partial charge in [0.1, 0.15) is 12.4 Å². The molecule has 0 spiro atoms. The topological polar surface area (TPSA) is 58.6 Å². The van der Waals surface area contributed by atoms with E-state index in [2.05, 4.69) is 5.32 Å². The van der Waals surface area contributed by atoms with Crippen molar-refractivity contribution in [2.24, 2.45) is 0 Å². The normalized spacial score (nSPS) is 10.9. The van der Waals surface area contributed by atoms with Gasteiger partial charge in [0.15, 0.2) is 0 Å². The highest BCUT2D eigenvalue weighted by Gasteiger charge is 2.03. The van der Waals surface area contributed by atoms with Gasteiger partial charge in [0.25, 0.3) is 0 Å². The summed E-state index contributed by atoms with van der Waals surface area (Å²) in [5.41, 5.74) is 1.65. The number of phenols is 1. The molecule has 126 valence electrons. The SMILES string of the molecule is O=C(NCC=Cc1ccc2ccccc2c1O)OCc1ccccc1. The van der Waals surface area contributed by atoms with Gasteiger partial charge in [0.05, 0.1) is 0 Å². The highest BCUT2D eigenvalue weighted by Crippen LogP contribution is 2.29. The van der Waals surface area contributed by atoms with Gasteiger partial charge in [-0.25, -0.2) is 4.79 Å². The first kappa shape index (κ1) is 16.6. The first-order valence-corrected chi connectivity index (χ1v) is 8.06. The molecular weight excluding hydrogens is 314 g/mol. The van der Waals surface area contributed by atoms with Crippen molar-refractivity contribution in [1.29, 1.82) is 0 Å². The molecule has 3 aromatic rings. The molecule has 0 saturated carbocycles. The minimum absolute atomic E-state index is 0.237. The zero-order valence-electron chi connectivity index (χ0n) is 13.7. The zero-order valence-corrected chi connectivity index (χ0v) is 13.7. The third-order valence-corrected chi connectivity index (χ3v) is 3.81. The Balaban J connectivity index is 1.51. The van der Waals surface area contributed by atoms with E-state index in [1.165, 1.54) is 0 Å². The van der Waals surface area contributed by atoms with Crippen LogP contribution in [0.3, 0.4) is 0 Å². The number of benzene rings is 3. The maximum Gasteiger partial charge on any atom is 0.407 e. The molecule has 0 aromatic heterocycles. The van der Waals surface area contributed by atoms with Gasteiger partial charge >= 0.3 is 6.09 Å². The average molecular weight is 333 g/mol. The van der Waals surface area contributed by atoms with E-state index in [0.717, 1.165) is 16.3 Å². The summed E-state index contributed by atoms with van der Waals surface area (Å²) in [6, 6.07) is 21.0. The number of hydrogen-bond donors (Lipinski definition) is 2. The predicted molar refractivity (Wildman–Crippen MR) is 99.3 cm³/mol. The Kier molecular flexibility index (Phi) is 5.32. The summed E-state index contributed by atoms with van der Waals surface area (Å²) in [7, 11) is 0. The summed E-state index contributed by atoms with van der Waals surface area (Å²) in [5, 5.41) is 14.7. The number of ether oxygens (including phenoxy) is 1. The quantitative estimate of drug-likeness (QED) is 0.723. The molecule has 3 aromatic carbocycles. The first-order chi connectivity index (χ1) is 12.2.